The number of benzene rings is 1. The highest BCUT2D eigenvalue weighted by atomic mass is 79.9. The van der Waals surface area contributed by atoms with Crippen LogP contribution in [0.3, 0.4) is 0 Å². The van der Waals surface area contributed by atoms with Gasteiger partial charge < -0.3 is 15.1 Å². The van der Waals surface area contributed by atoms with Crippen LogP contribution < -0.4 is 10.2 Å². The molecule has 0 bridgehead atoms. The van der Waals surface area contributed by atoms with Gasteiger partial charge >= 0.3 is 0 Å². The Labute approximate surface area is 125 Å². The largest absolute Gasteiger partial charge is 0.370 e. The number of nitrogens with zero attached hydrogens (tertiary/aromatic N) is 2. The first-order valence-corrected chi connectivity index (χ1v) is 7.75. The minimum atomic E-state index is 0.542. The molecule has 0 radical (unpaired) electrons. The summed E-state index contributed by atoms with van der Waals surface area (Å²) < 4.78 is 1.16. The number of nitrogens with one attached hydrogen (secondary N) is 1. The third-order valence-electron chi connectivity index (χ3n) is 3.56. The van der Waals surface area contributed by atoms with Crippen molar-refractivity contribution in [3.63, 3.8) is 0 Å². The molecule has 0 aliphatic carbocycles. The molecule has 19 heavy (non-hydrogen) atoms. The van der Waals surface area contributed by atoms with Crippen LogP contribution in [0.1, 0.15) is 12.0 Å². The summed E-state index contributed by atoms with van der Waals surface area (Å²) in [7, 11) is 4.28. The van der Waals surface area contributed by atoms with Crippen molar-refractivity contribution in [2.24, 2.45) is 0 Å². The summed E-state index contributed by atoms with van der Waals surface area (Å²) in [6.07, 6.45) is 1.21. The number of likely N-dealkylation sites (N-methyl/N-ethyl adjacent to an activating group) is 1. The molecular weight excluding hydrogens is 302 g/mol. The summed E-state index contributed by atoms with van der Waals surface area (Å²) in [5, 5.41) is 3.65. The normalized spacial score (nSPS) is 20.7. The van der Waals surface area contributed by atoms with Crippen molar-refractivity contribution in [2.75, 3.05) is 45.2 Å². The van der Waals surface area contributed by atoms with E-state index in [4.69, 9.17) is 0 Å². The SMILES string of the molecule is Cc1cc(Br)ccc1N1CCCNC(CN(C)C)C1. The van der Waals surface area contributed by atoms with E-state index in [0.717, 1.165) is 30.7 Å². The Kier molecular flexibility index (Phi) is 5.25. The highest BCUT2D eigenvalue weighted by Crippen LogP contribution is 2.24. The van der Waals surface area contributed by atoms with Crippen molar-refractivity contribution in [2.45, 2.75) is 19.4 Å². The van der Waals surface area contributed by atoms with Gasteiger partial charge in [-0.25, -0.2) is 0 Å². The molecule has 1 aromatic carbocycles. The minimum Gasteiger partial charge on any atom is -0.370 e. The highest BCUT2D eigenvalue weighted by Gasteiger charge is 2.19. The number of halogens is 1. The van der Waals surface area contributed by atoms with Gasteiger partial charge in [-0.1, -0.05) is 15.9 Å². The fourth-order valence-corrected chi connectivity index (χ4v) is 3.23. The summed E-state index contributed by atoms with van der Waals surface area (Å²) >= 11 is 3.54. The Morgan fingerprint density at radius 3 is 2.89 bits per heavy atom. The molecule has 106 valence electrons. The van der Waals surface area contributed by atoms with Crippen molar-refractivity contribution in [1.82, 2.24) is 10.2 Å². The Hall–Kier alpha value is -0.580. The standard InChI is InChI=1S/C15H24BrN3/c1-12-9-13(16)5-6-15(12)19-8-4-7-17-14(11-19)10-18(2)3/h5-6,9,14,17H,4,7-8,10-11H2,1-3H3. The number of anilines is 1. The van der Waals surface area contributed by atoms with E-state index in [1.165, 1.54) is 17.7 Å². The lowest BCUT2D eigenvalue weighted by molar-refractivity contribution is 0.346. The summed E-state index contributed by atoms with van der Waals surface area (Å²) in [5.74, 6) is 0. The van der Waals surface area contributed by atoms with Crippen molar-refractivity contribution in [1.29, 1.82) is 0 Å². The summed E-state index contributed by atoms with van der Waals surface area (Å²) in [6.45, 7) is 6.62. The molecule has 3 nitrogen and oxygen atoms in total. The van der Waals surface area contributed by atoms with Gasteiger partial charge in [0.05, 0.1) is 0 Å². The molecule has 0 amide bonds. The van der Waals surface area contributed by atoms with Gasteiger partial charge in [0, 0.05) is 35.8 Å². The topological polar surface area (TPSA) is 18.5 Å². The fourth-order valence-electron chi connectivity index (χ4n) is 2.75. The maximum absolute atomic E-state index is 3.65. The zero-order chi connectivity index (χ0) is 13.8. The number of hydrogen-bond acceptors (Lipinski definition) is 3. The van der Waals surface area contributed by atoms with Crippen LogP contribution in [0.15, 0.2) is 22.7 Å². The smallest absolute Gasteiger partial charge is 0.0397 e. The van der Waals surface area contributed by atoms with Crippen LogP contribution >= 0.6 is 15.9 Å². The molecule has 1 atom stereocenters. The lowest BCUT2D eigenvalue weighted by Gasteiger charge is -2.29. The van der Waals surface area contributed by atoms with Crippen LogP contribution in [-0.2, 0) is 0 Å². The maximum atomic E-state index is 3.65. The van der Waals surface area contributed by atoms with E-state index in [1.807, 2.05) is 0 Å². The molecule has 2 rings (SSSR count). The second kappa shape index (κ2) is 6.73. The predicted octanol–water partition coefficient (Wildman–Crippen LogP) is 2.49. The molecule has 1 aromatic rings. The minimum absolute atomic E-state index is 0.542. The van der Waals surface area contributed by atoms with E-state index in [9.17, 15) is 0 Å². The average molecular weight is 326 g/mol. The quantitative estimate of drug-likeness (QED) is 0.921. The molecule has 1 saturated heterocycles. The van der Waals surface area contributed by atoms with Crippen LogP contribution in [-0.4, -0.2) is 51.2 Å². The lowest BCUT2D eigenvalue weighted by Crippen LogP contribution is -2.44. The molecule has 0 spiro atoms. The van der Waals surface area contributed by atoms with Gasteiger partial charge in [-0.15, -0.1) is 0 Å². The molecule has 1 aliphatic rings. The number of rotatable bonds is 3. The fraction of sp³-hybridized carbons (Fsp3) is 0.600. The summed E-state index contributed by atoms with van der Waals surface area (Å²) in [6, 6.07) is 7.12. The Balaban J connectivity index is 2.13. The molecule has 1 aliphatic heterocycles. The van der Waals surface area contributed by atoms with E-state index in [1.54, 1.807) is 0 Å². The zero-order valence-corrected chi connectivity index (χ0v) is 13.7. The van der Waals surface area contributed by atoms with Gasteiger partial charge in [0.2, 0.25) is 0 Å². The van der Waals surface area contributed by atoms with Crippen molar-refractivity contribution >= 4 is 21.6 Å². The average Bonchev–Trinajstić information content (AvgIpc) is 2.53. The maximum Gasteiger partial charge on any atom is 0.0397 e. The molecule has 0 saturated carbocycles. The molecule has 1 heterocycles. The van der Waals surface area contributed by atoms with Gasteiger partial charge in [0.1, 0.15) is 0 Å². The first-order valence-electron chi connectivity index (χ1n) is 6.95. The van der Waals surface area contributed by atoms with Crippen LogP contribution in [0.2, 0.25) is 0 Å². The van der Waals surface area contributed by atoms with E-state index in [0.29, 0.717) is 6.04 Å². The monoisotopic (exact) mass is 325 g/mol. The summed E-state index contributed by atoms with van der Waals surface area (Å²) in [5.41, 5.74) is 2.72. The van der Waals surface area contributed by atoms with Crippen LogP contribution in [0.25, 0.3) is 0 Å². The molecule has 1 N–H and O–H groups in total. The third kappa shape index (κ3) is 4.20. The van der Waals surface area contributed by atoms with Crippen LogP contribution in [0, 0.1) is 6.92 Å². The van der Waals surface area contributed by atoms with Crippen molar-refractivity contribution < 1.29 is 0 Å². The van der Waals surface area contributed by atoms with Gasteiger partial charge in [-0.05, 0) is 57.7 Å². The Morgan fingerprint density at radius 1 is 1.42 bits per heavy atom. The number of hydrogen-bond donors (Lipinski definition) is 1. The number of aryl methyl sites for hydroxylation is 1. The van der Waals surface area contributed by atoms with Crippen molar-refractivity contribution in [3.8, 4) is 0 Å². The third-order valence-corrected chi connectivity index (χ3v) is 4.06. The lowest BCUT2D eigenvalue weighted by atomic mass is 10.1. The van der Waals surface area contributed by atoms with Gasteiger partial charge in [0.15, 0.2) is 0 Å². The molecule has 4 heteroatoms. The van der Waals surface area contributed by atoms with Crippen LogP contribution in [0.4, 0.5) is 5.69 Å². The first-order chi connectivity index (χ1) is 9.06. The second-order valence-electron chi connectivity index (χ2n) is 5.64. The first kappa shape index (κ1) is 14.8. The predicted molar refractivity (Wildman–Crippen MR) is 86.1 cm³/mol. The Morgan fingerprint density at radius 2 is 2.21 bits per heavy atom. The van der Waals surface area contributed by atoms with E-state index in [-0.39, 0.29) is 0 Å². The molecule has 1 unspecified atom stereocenters. The summed E-state index contributed by atoms with van der Waals surface area (Å²) in [4.78, 5) is 4.78. The van der Waals surface area contributed by atoms with Gasteiger partial charge in [-0.3, -0.25) is 0 Å². The van der Waals surface area contributed by atoms with Gasteiger partial charge in [-0.2, -0.15) is 0 Å². The van der Waals surface area contributed by atoms with Crippen molar-refractivity contribution in [3.05, 3.63) is 28.2 Å². The van der Waals surface area contributed by atoms with E-state index >= 15 is 0 Å². The second-order valence-corrected chi connectivity index (χ2v) is 6.56. The molecule has 1 fully saturated rings. The van der Waals surface area contributed by atoms with Crippen LogP contribution in [0.5, 0.6) is 0 Å². The van der Waals surface area contributed by atoms with E-state index in [2.05, 4.69) is 70.3 Å². The molecular formula is C15H24BrN3. The Bertz CT molecular complexity index is 420. The molecule has 0 aromatic heterocycles. The highest BCUT2D eigenvalue weighted by molar-refractivity contribution is 9.10. The van der Waals surface area contributed by atoms with Gasteiger partial charge in [0.25, 0.3) is 0 Å². The zero-order valence-electron chi connectivity index (χ0n) is 12.1. The van der Waals surface area contributed by atoms with E-state index < -0.39 is 0 Å².